The summed E-state index contributed by atoms with van der Waals surface area (Å²) in [5.74, 6) is 0.773. The molecule has 0 radical (unpaired) electrons. The summed E-state index contributed by atoms with van der Waals surface area (Å²) >= 11 is 1.54. The zero-order valence-corrected chi connectivity index (χ0v) is 10.9. The van der Waals surface area contributed by atoms with Gasteiger partial charge >= 0.3 is 0 Å². The number of nitrogens with zero attached hydrogens (tertiary/aromatic N) is 2. The maximum Gasteiger partial charge on any atom is 0.133 e. The van der Waals surface area contributed by atoms with Crippen molar-refractivity contribution < 1.29 is 4.39 Å². The van der Waals surface area contributed by atoms with Crippen molar-refractivity contribution in [3.8, 4) is 11.3 Å². The second-order valence-electron chi connectivity index (χ2n) is 4.26. The molecule has 1 aromatic carbocycles. The van der Waals surface area contributed by atoms with E-state index in [2.05, 4.69) is 14.9 Å². The van der Waals surface area contributed by atoms with Gasteiger partial charge in [0, 0.05) is 29.7 Å². The van der Waals surface area contributed by atoms with Gasteiger partial charge in [-0.2, -0.15) is 0 Å². The molecule has 5 heteroatoms. The van der Waals surface area contributed by atoms with Gasteiger partial charge in [-0.25, -0.2) is 9.37 Å². The standard InChI is InChI=1S/C13H14FN3S/c1-18-9-2-3-10(11(14)6-9)12-8-17-5-4-15-7-13(17)16-12/h2-3,6,8,15H,4-5,7H2,1H3. The lowest BCUT2D eigenvalue weighted by Crippen LogP contribution is -2.27. The molecule has 0 amide bonds. The number of hydrogen-bond donors (Lipinski definition) is 1. The molecule has 0 spiro atoms. The number of halogens is 1. The Morgan fingerprint density at radius 2 is 2.33 bits per heavy atom. The fourth-order valence-corrected chi connectivity index (χ4v) is 2.57. The highest BCUT2D eigenvalue weighted by atomic mass is 32.2. The molecule has 0 atom stereocenters. The highest BCUT2D eigenvalue weighted by Gasteiger charge is 2.15. The van der Waals surface area contributed by atoms with Gasteiger partial charge in [-0.15, -0.1) is 11.8 Å². The molecule has 3 nitrogen and oxygen atoms in total. The summed E-state index contributed by atoms with van der Waals surface area (Å²) < 4.78 is 16.1. The Morgan fingerprint density at radius 3 is 3.06 bits per heavy atom. The zero-order chi connectivity index (χ0) is 12.5. The summed E-state index contributed by atoms with van der Waals surface area (Å²) in [6, 6.07) is 5.30. The second kappa shape index (κ2) is 4.74. The minimum atomic E-state index is -0.203. The summed E-state index contributed by atoms with van der Waals surface area (Å²) in [5, 5.41) is 3.26. The van der Waals surface area contributed by atoms with E-state index in [4.69, 9.17) is 0 Å². The van der Waals surface area contributed by atoms with Crippen LogP contribution < -0.4 is 5.32 Å². The number of fused-ring (bicyclic) bond motifs is 1. The van der Waals surface area contributed by atoms with Gasteiger partial charge in [0.1, 0.15) is 11.6 Å². The smallest absolute Gasteiger partial charge is 0.133 e. The summed E-state index contributed by atoms with van der Waals surface area (Å²) in [6.45, 7) is 2.59. The quantitative estimate of drug-likeness (QED) is 0.844. The van der Waals surface area contributed by atoms with Crippen LogP contribution in [0.4, 0.5) is 4.39 Å². The monoisotopic (exact) mass is 263 g/mol. The zero-order valence-electron chi connectivity index (χ0n) is 10.1. The third kappa shape index (κ3) is 2.04. The van der Waals surface area contributed by atoms with Crippen LogP contribution in [0.2, 0.25) is 0 Å². The van der Waals surface area contributed by atoms with Crippen LogP contribution in [0, 0.1) is 5.82 Å². The molecule has 0 aliphatic carbocycles. The minimum absolute atomic E-state index is 0.203. The van der Waals surface area contributed by atoms with E-state index >= 15 is 0 Å². The lowest BCUT2D eigenvalue weighted by Gasteiger charge is -2.13. The van der Waals surface area contributed by atoms with Crippen LogP contribution in [0.1, 0.15) is 5.82 Å². The van der Waals surface area contributed by atoms with Crippen LogP contribution in [-0.2, 0) is 13.1 Å². The van der Waals surface area contributed by atoms with E-state index in [1.807, 2.05) is 24.6 Å². The van der Waals surface area contributed by atoms with Crippen LogP contribution in [-0.4, -0.2) is 22.4 Å². The van der Waals surface area contributed by atoms with Crippen LogP contribution in [0.15, 0.2) is 29.3 Å². The first-order valence-corrected chi connectivity index (χ1v) is 7.11. The van der Waals surface area contributed by atoms with Crippen molar-refractivity contribution in [1.29, 1.82) is 0 Å². The van der Waals surface area contributed by atoms with Crippen molar-refractivity contribution in [2.45, 2.75) is 18.0 Å². The number of hydrogen-bond acceptors (Lipinski definition) is 3. The summed E-state index contributed by atoms with van der Waals surface area (Å²) in [6.07, 6.45) is 3.88. The molecule has 0 fully saturated rings. The molecule has 3 rings (SSSR count). The number of nitrogens with one attached hydrogen (secondary N) is 1. The van der Waals surface area contributed by atoms with E-state index in [9.17, 15) is 4.39 Å². The minimum Gasteiger partial charge on any atom is -0.332 e. The topological polar surface area (TPSA) is 29.9 Å². The van der Waals surface area contributed by atoms with E-state index in [1.165, 1.54) is 11.8 Å². The predicted molar refractivity (Wildman–Crippen MR) is 71.1 cm³/mol. The van der Waals surface area contributed by atoms with E-state index in [-0.39, 0.29) is 5.82 Å². The van der Waals surface area contributed by atoms with Crippen molar-refractivity contribution in [3.05, 3.63) is 36.0 Å². The van der Waals surface area contributed by atoms with E-state index < -0.39 is 0 Å². The maximum atomic E-state index is 14.0. The number of thioether (sulfide) groups is 1. The Labute approximate surface area is 109 Å². The highest BCUT2D eigenvalue weighted by Crippen LogP contribution is 2.26. The summed E-state index contributed by atoms with van der Waals surface area (Å²) in [5.41, 5.74) is 1.30. The highest BCUT2D eigenvalue weighted by molar-refractivity contribution is 7.98. The normalized spacial score (nSPS) is 14.6. The first-order valence-electron chi connectivity index (χ1n) is 5.88. The molecule has 0 saturated heterocycles. The van der Waals surface area contributed by atoms with Crippen molar-refractivity contribution in [1.82, 2.24) is 14.9 Å². The lowest BCUT2D eigenvalue weighted by molar-refractivity contribution is 0.505. The number of aromatic nitrogens is 2. The van der Waals surface area contributed by atoms with E-state index in [0.29, 0.717) is 5.56 Å². The number of benzene rings is 1. The van der Waals surface area contributed by atoms with Crippen LogP contribution in [0.5, 0.6) is 0 Å². The van der Waals surface area contributed by atoms with E-state index in [1.54, 1.807) is 6.07 Å². The molecule has 2 aromatic rings. The predicted octanol–water partition coefficient (Wildman–Crippen LogP) is 2.51. The van der Waals surface area contributed by atoms with Crippen molar-refractivity contribution in [3.63, 3.8) is 0 Å². The molecule has 1 aliphatic rings. The molecule has 94 valence electrons. The van der Waals surface area contributed by atoms with Gasteiger partial charge < -0.3 is 9.88 Å². The first kappa shape index (κ1) is 11.7. The molecule has 1 aliphatic heterocycles. The molecular weight excluding hydrogens is 249 g/mol. The molecule has 0 saturated carbocycles. The van der Waals surface area contributed by atoms with Crippen molar-refractivity contribution in [2.24, 2.45) is 0 Å². The van der Waals surface area contributed by atoms with Crippen molar-refractivity contribution >= 4 is 11.8 Å². The molecule has 2 heterocycles. The molecule has 0 bridgehead atoms. The van der Waals surface area contributed by atoms with Gasteiger partial charge in [-0.05, 0) is 24.5 Å². The van der Waals surface area contributed by atoms with Gasteiger partial charge in [0.25, 0.3) is 0 Å². The van der Waals surface area contributed by atoms with E-state index in [0.717, 1.165) is 36.0 Å². The third-order valence-corrected chi connectivity index (χ3v) is 3.85. The molecular formula is C13H14FN3S. The van der Waals surface area contributed by atoms with Crippen LogP contribution in [0.25, 0.3) is 11.3 Å². The summed E-state index contributed by atoms with van der Waals surface area (Å²) in [4.78, 5) is 5.42. The SMILES string of the molecule is CSc1ccc(-c2cn3c(n2)CNCC3)c(F)c1. The van der Waals surface area contributed by atoms with Gasteiger partial charge in [0.15, 0.2) is 0 Å². The average molecular weight is 263 g/mol. The second-order valence-corrected chi connectivity index (χ2v) is 5.14. The van der Waals surface area contributed by atoms with Crippen LogP contribution >= 0.6 is 11.8 Å². The Balaban J connectivity index is 2.01. The van der Waals surface area contributed by atoms with Gasteiger partial charge in [0.05, 0.1) is 12.2 Å². The van der Waals surface area contributed by atoms with Crippen LogP contribution in [0.3, 0.4) is 0 Å². The van der Waals surface area contributed by atoms with Crippen molar-refractivity contribution in [2.75, 3.05) is 12.8 Å². The molecule has 18 heavy (non-hydrogen) atoms. The number of imidazole rings is 1. The Hall–Kier alpha value is -1.33. The Bertz CT molecular complexity index is 556. The summed E-state index contributed by atoms with van der Waals surface area (Å²) in [7, 11) is 0. The fourth-order valence-electron chi connectivity index (χ4n) is 2.15. The lowest BCUT2D eigenvalue weighted by atomic mass is 10.1. The average Bonchev–Trinajstić information content (AvgIpc) is 2.81. The Morgan fingerprint density at radius 1 is 1.44 bits per heavy atom. The third-order valence-electron chi connectivity index (χ3n) is 3.12. The fraction of sp³-hybridized carbons (Fsp3) is 0.308. The van der Waals surface area contributed by atoms with Gasteiger partial charge in [-0.1, -0.05) is 0 Å². The number of rotatable bonds is 2. The molecule has 1 N–H and O–H groups in total. The van der Waals surface area contributed by atoms with Gasteiger partial charge in [0.2, 0.25) is 0 Å². The van der Waals surface area contributed by atoms with Gasteiger partial charge in [-0.3, -0.25) is 0 Å². The Kier molecular flexibility index (Phi) is 3.09. The molecule has 1 aromatic heterocycles. The molecule has 0 unspecified atom stereocenters. The largest absolute Gasteiger partial charge is 0.332 e. The maximum absolute atomic E-state index is 14.0. The first-order chi connectivity index (χ1) is 8.78.